The number of carboxylic acid groups (broad SMARTS) is 3. The lowest BCUT2D eigenvalue weighted by molar-refractivity contribution is -0.140. The lowest BCUT2D eigenvalue weighted by atomic mass is 10.1. The predicted molar refractivity (Wildman–Crippen MR) is 90.3 cm³/mol. The lowest BCUT2D eigenvalue weighted by Gasteiger charge is -2.07. The molecule has 0 aliphatic heterocycles. The van der Waals surface area contributed by atoms with Crippen LogP contribution in [-0.2, 0) is 14.4 Å². The number of hydrogen-bond donors (Lipinski definition) is 7. The van der Waals surface area contributed by atoms with Crippen LogP contribution in [0.3, 0.4) is 0 Å². The molecule has 24 heavy (non-hydrogen) atoms. The van der Waals surface area contributed by atoms with Crippen LogP contribution in [0.4, 0.5) is 0 Å². The fourth-order valence-electron chi connectivity index (χ4n) is 1.04. The Morgan fingerprint density at radius 2 is 1.38 bits per heavy atom. The first-order valence-electron chi connectivity index (χ1n) is 7.59. The summed E-state index contributed by atoms with van der Waals surface area (Å²) in [6, 6.07) is -1.43. The van der Waals surface area contributed by atoms with E-state index in [9.17, 15) is 14.4 Å². The van der Waals surface area contributed by atoms with Gasteiger partial charge in [0.1, 0.15) is 12.1 Å². The number of carboxylic acids is 3. The van der Waals surface area contributed by atoms with Gasteiger partial charge in [-0.3, -0.25) is 14.4 Å². The highest BCUT2D eigenvalue weighted by Crippen LogP contribution is 1.97. The molecule has 0 bridgehead atoms. The summed E-state index contributed by atoms with van der Waals surface area (Å²) in [6.45, 7) is 4.39. The first-order valence-corrected chi connectivity index (χ1v) is 7.59. The van der Waals surface area contributed by atoms with E-state index in [1.54, 1.807) is 13.8 Å². The second-order valence-corrected chi connectivity index (χ2v) is 5.27. The van der Waals surface area contributed by atoms with Gasteiger partial charge in [-0.25, -0.2) is 0 Å². The van der Waals surface area contributed by atoms with Gasteiger partial charge in [-0.1, -0.05) is 20.3 Å². The highest BCUT2D eigenvalue weighted by Gasteiger charge is 2.14. The number of nitrogens with two attached hydrogens (primary N) is 4. The molecule has 10 nitrogen and oxygen atoms in total. The lowest BCUT2D eigenvalue weighted by Crippen LogP contribution is -2.34. The van der Waals surface area contributed by atoms with Crippen molar-refractivity contribution >= 4 is 17.9 Å². The maximum absolute atomic E-state index is 10.1. The Morgan fingerprint density at radius 3 is 1.54 bits per heavy atom. The molecule has 2 unspecified atom stereocenters. The van der Waals surface area contributed by atoms with E-state index >= 15 is 0 Å². The molecule has 0 aromatic carbocycles. The molecule has 10 heteroatoms. The molecule has 144 valence electrons. The molecule has 0 radical (unpaired) electrons. The van der Waals surface area contributed by atoms with Crippen LogP contribution >= 0.6 is 0 Å². The van der Waals surface area contributed by atoms with Crippen LogP contribution in [-0.4, -0.2) is 58.4 Å². The Bertz CT molecular complexity index is 352. The number of aliphatic carboxylic acids is 3. The fraction of sp³-hybridized carbons (Fsp3) is 0.786. The Balaban J connectivity index is -0.000000285. The van der Waals surface area contributed by atoms with Gasteiger partial charge in [0.15, 0.2) is 0 Å². The van der Waals surface area contributed by atoms with Gasteiger partial charge in [-0.15, -0.1) is 0 Å². The van der Waals surface area contributed by atoms with E-state index in [1.807, 2.05) is 0 Å². The van der Waals surface area contributed by atoms with Gasteiger partial charge < -0.3 is 38.3 Å². The van der Waals surface area contributed by atoms with Gasteiger partial charge >= 0.3 is 17.9 Å². The summed E-state index contributed by atoms with van der Waals surface area (Å²) >= 11 is 0. The first kappa shape index (κ1) is 27.1. The average Bonchev–Trinajstić information content (AvgIpc) is 2.47. The van der Waals surface area contributed by atoms with Gasteiger partial charge in [0.05, 0.1) is 6.42 Å². The van der Waals surface area contributed by atoms with Gasteiger partial charge in [0, 0.05) is 6.54 Å². The van der Waals surface area contributed by atoms with Crippen molar-refractivity contribution in [3.8, 4) is 0 Å². The highest BCUT2D eigenvalue weighted by atomic mass is 16.4. The molecular weight excluding hydrogens is 320 g/mol. The Kier molecular flexibility index (Phi) is 19.9. The highest BCUT2D eigenvalue weighted by molar-refractivity contribution is 5.73. The second kappa shape index (κ2) is 17.6. The third-order valence-electron chi connectivity index (χ3n) is 2.65. The van der Waals surface area contributed by atoms with Gasteiger partial charge in [-0.05, 0) is 25.3 Å². The van der Waals surface area contributed by atoms with Crippen LogP contribution in [0.15, 0.2) is 0 Å². The SMILES string of the molecule is CC(C)C(N)C(=O)O.NCCC(=O)O.NCCCCC(N)C(=O)O. The molecule has 0 rings (SSSR count). The van der Waals surface area contributed by atoms with E-state index in [4.69, 9.17) is 38.3 Å². The smallest absolute Gasteiger partial charge is 0.320 e. The summed E-state index contributed by atoms with van der Waals surface area (Å²) < 4.78 is 0. The van der Waals surface area contributed by atoms with Crippen LogP contribution in [0.2, 0.25) is 0 Å². The fourth-order valence-corrected chi connectivity index (χ4v) is 1.04. The number of carbonyl (C=O) groups is 3. The van der Waals surface area contributed by atoms with E-state index in [1.165, 1.54) is 0 Å². The van der Waals surface area contributed by atoms with Gasteiger partial charge in [0.25, 0.3) is 0 Å². The van der Waals surface area contributed by atoms with E-state index in [-0.39, 0.29) is 18.9 Å². The molecule has 2 atom stereocenters. The zero-order chi connectivity index (χ0) is 19.7. The predicted octanol–water partition coefficient (Wildman–Crippen LogP) is -0.999. The zero-order valence-corrected chi connectivity index (χ0v) is 14.4. The molecule has 0 aliphatic carbocycles. The van der Waals surface area contributed by atoms with Crippen molar-refractivity contribution in [3.05, 3.63) is 0 Å². The zero-order valence-electron chi connectivity index (χ0n) is 14.4. The molecular formula is C14H32N4O6. The van der Waals surface area contributed by atoms with Gasteiger partial charge in [-0.2, -0.15) is 0 Å². The largest absolute Gasteiger partial charge is 0.481 e. The topological polar surface area (TPSA) is 216 Å². The van der Waals surface area contributed by atoms with Crippen molar-refractivity contribution < 1.29 is 29.7 Å². The minimum Gasteiger partial charge on any atom is -0.481 e. The average molecular weight is 352 g/mol. The van der Waals surface area contributed by atoms with Crippen molar-refractivity contribution in [2.24, 2.45) is 28.9 Å². The molecule has 0 aliphatic rings. The van der Waals surface area contributed by atoms with Crippen molar-refractivity contribution in [2.75, 3.05) is 13.1 Å². The first-order chi connectivity index (χ1) is 11.0. The molecule has 11 N–H and O–H groups in total. The summed E-state index contributed by atoms with van der Waals surface area (Å²) in [6.07, 6.45) is 2.23. The van der Waals surface area contributed by atoms with Crippen molar-refractivity contribution in [2.45, 2.75) is 51.6 Å². The standard InChI is InChI=1S/C6H14N2O2.C5H11NO2.C3H7NO2/c7-4-2-1-3-5(8)6(9)10;1-3(2)4(6)5(7)8;4-2-1-3(5)6/h5H,1-4,7-8H2,(H,9,10);3-4H,6H2,1-2H3,(H,7,8);1-2,4H2,(H,5,6). The van der Waals surface area contributed by atoms with Crippen LogP contribution < -0.4 is 22.9 Å². The summed E-state index contributed by atoms with van der Waals surface area (Å²) in [7, 11) is 0. The van der Waals surface area contributed by atoms with Crippen LogP contribution in [0, 0.1) is 5.92 Å². The molecule has 0 saturated heterocycles. The minimum atomic E-state index is -0.933. The summed E-state index contributed by atoms with van der Waals surface area (Å²) in [4.78, 5) is 29.7. The van der Waals surface area contributed by atoms with Crippen LogP contribution in [0.25, 0.3) is 0 Å². The monoisotopic (exact) mass is 352 g/mol. The quantitative estimate of drug-likeness (QED) is 0.251. The Labute approximate surface area is 142 Å². The molecule has 0 aromatic rings. The molecule has 0 amide bonds. The van der Waals surface area contributed by atoms with Crippen LogP contribution in [0.1, 0.15) is 39.5 Å². The van der Waals surface area contributed by atoms with E-state index in [2.05, 4.69) is 0 Å². The minimum absolute atomic E-state index is 0.0208. The molecule has 0 saturated carbocycles. The van der Waals surface area contributed by atoms with Crippen molar-refractivity contribution in [3.63, 3.8) is 0 Å². The maximum Gasteiger partial charge on any atom is 0.320 e. The Morgan fingerprint density at radius 1 is 0.875 bits per heavy atom. The van der Waals surface area contributed by atoms with Crippen LogP contribution in [0.5, 0.6) is 0 Å². The maximum atomic E-state index is 10.1. The normalized spacial score (nSPS) is 12.1. The number of rotatable bonds is 9. The second-order valence-electron chi connectivity index (χ2n) is 5.27. The third-order valence-corrected chi connectivity index (χ3v) is 2.65. The summed E-state index contributed by atoms with van der Waals surface area (Å²) in [5.41, 5.74) is 20.4. The summed E-state index contributed by atoms with van der Waals surface area (Å²) in [5.74, 6) is -2.68. The van der Waals surface area contributed by atoms with E-state index in [0.29, 0.717) is 13.0 Å². The number of unbranched alkanes of at least 4 members (excludes halogenated alkanes) is 1. The third kappa shape index (κ3) is 22.5. The van der Waals surface area contributed by atoms with E-state index < -0.39 is 30.0 Å². The Hall–Kier alpha value is -1.75. The summed E-state index contributed by atoms with van der Waals surface area (Å²) in [5, 5.41) is 24.4. The molecule has 0 heterocycles. The van der Waals surface area contributed by atoms with Crippen molar-refractivity contribution in [1.29, 1.82) is 0 Å². The number of hydrogen-bond acceptors (Lipinski definition) is 7. The molecule has 0 fully saturated rings. The van der Waals surface area contributed by atoms with Crippen molar-refractivity contribution in [1.82, 2.24) is 0 Å². The molecule has 0 spiro atoms. The molecule has 0 aromatic heterocycles. The van der Waals surface area contributed by atoms with E-state index in [0.717, 1.165) is 12.8 Å². The van der Waals surface area contributed by atoms with Gasteiger partial charge in [0.2, 0.25) is 0 Å².